The number of hydrogen-bond acceptors (Lipinski definition) is 2. The number of fused-ring (bicyclic) bond motifs is 3. The Morgan fingerprint density at radius 2 is 0.680 bits per heavy atom. The van der Waals surface area contributed by atoms with Gasteiger partial charge in [0.05, 0.1) is 0 Å². The average Bonchev–Trinajstić information content (AvgIpc) is 3.73. The summed E-state index contributed by atoms with van der Waals surface area (Å²) in [5, 5.41) is 0. The van der Waals surface area contributed by atoms with Gasteiger partial charge in [-0.1, -0.05) is 178 Å². The van der Waals surface area contributed by atoms with Crippen LogP contribution in [0, 0.1) is 23.7 Å². The zero-order chi connectivity index (χ0) is 50.0. The fourth-order valence-corrected chi connectivity index (χ4v) is 14.6. The Balaban J connectivity index is 0.853. The fourth-order valence-electron chi connectivity index (χ4n) is 14.6. The monoisotopic (exact) mass is 966 g/mol. The van der Waals surface area contributed by atoms with Crippen LogP contribution in [0.2, 0.25) is 0 Å². The van der Waals surface area contributed by atoms with Crippen molar-refractivity contribution >= 4 is 34.1 Å². The average molecular weight is 967 g/mol. The summed E-state index contributed by atoms with van der Waals surface area (Å²) >= 11 is 0. The van der Waals surface area contributed by atoms with Crippen LogP contribution in [0.15, 0.2) is 249 Å². The second-order valence-corrected chi connectivity index (χ2v) is 22.6. The molecule has 0 amide bonds. The van der Waals surface area contributed by atoms with E-state index in [9.17, 15) is 0 Å². The van der Waals surface area contributed by atoms with Crippen molar-refractivity contribution < 1.29 is 0 Å². The molecule has 0 aromatic heterocycles. The van der Waals surface area contributed by atoms with E-state index < -0.39 is 0 Å². The first-order chi connectivity index (χ1) is 36.9. The lowest BCUT2D eigenvalue weighted by atomic mass is 9.51. The van der Waals surface area contributed by atoms with Gasteiger partial charge in [-0.05, 0) is 219 Å². The number of nitrogens with zero attached hydrogens (tertiary/aromatic N) is 2. The highest BCUT2D eigenvalue weighted by atomic mass is 15.1. The summed E-state index contributed by atoms with van der Waals surface area (Å²) in [5.41, 5.74) is 23.4. The van der Waals surface area contributed by atoms with E-state index >= 15 is 0 Å². The molecule has 0 unspecified atom stereocenters. The Kier molecular flexibility index (Phi) is 11.3. The summed E-state index contributed by atoms with van der Waals surface area (Å²) in [6.45, 7) is 4.72. The van der Waals surface area contributed by atoms with Crippen LogP contribution in [-0.2, 0) is 5.41 Å². The predicted molar refractivity (Wildman–Crippen MR) is 315 cm³/mol. The van der Waals surface area contributed by atoms with Crippen LogP contribution < -0.4 is 9.80 Å². The standard InChI is InChI=1S/C73H62N2/c1-73(2)70-29-16-15-28-64(70)65-39-38-63(46-71(65)73)75(59-25-13-6-14-26-59)61-36-32-54(33-37-61)69-48-66(51-18-7-3-8-19-51)68(47-67(69)52-20-9-4-10-21-52)53-30-34-60(35-31-53)74(58-23-11-5-12-24-58)62-27-17-22-55(45-62)72-56-41-49-40-50(43-56)44-57(72)42-49/h3-39,45-50,56-57,72H,40-44H2,1-2H3. The minimum atomic E-state index is -0.102. The summed E-state index contributed by atoms with van der Waals surface area (Å²) in [4.78, 5) is 4.87. The normalized spacial score (nSPS) is 19.6. The van der Waals surface area contributed by atoms with Gasteiger partial charge in [0.25, 0.3) is 0 Å². The van der Waals surface area contributed by atoms with Crippen molar-refractivity contribution in [3.05, 3.63) is 265 Å². The molecule has 10 aromatic carbocycles. The van der Waals surface area contributed by atoms with Gasteiger partial charge in [0.1, 0.15) is 0 Å². The lowest BCUT2D eigenvalue weighted by Crippen LogP contribution is -2.43. The molecule has 5 aliphatic rings. The Bertz CT molecular complexity index is 3650. The quantitative estimate of drug-likeness (QED) is 0.127. The van der Waals surface area contributed by atoms with Crippen LogP contribution >= 0.6 is 0 Å². The molecule has 15 rings (SSSR count). The van der Waals surface area contributed by atoms with Gasteiger partial charge >= 0.3 is 0 Å². The molecule has 4 fully saturated rings. The summed E-state index contributed by atoms with van der Waals surface area (Å²) < 4.78 is 0. The maximum atomic E-state index is 2.53. The Hall–Kier alpha value is -8.20. The van der Waals surface area contributed by atoms with Gasteiger partial charge in [-0.15, -0.1) is 0 Å². The molecule has 0 saturated heterocycles. The fraction of sp³-hybridized carbons (Fsp3) is 0.178. The second-order valence-electron chi connectivity index (χ2n) is 22.6. The van der Waals surface area contributed by atoms with Crippen molar-refractivity contribution in [2.75, 3.05) is 9.80 Å². The SMILES string of the molecule is CC1(C)c2ccccc2-c2ccc(N(c3ccccc3)c3ccc(-c4cc(-c5ccccc5)c(-c5ccc(N(c6ccccc6)c6cccc(C7C8CC9CC(C8)CC7C9)c6)cc5)cc4-c4ccccc4)cc3)cc21. The summed E-state index contributed by atoms with van der Waals surface area (Å²) in [6.07, 6.45) is 7.19. The first-order valence-corrected chi connectivity index (χ1v) is 27.5. The van der Waals surface area contributed by atoms with Crippen LogP contribution in [0.25, 0.3) is 55.6 Å². The zero-order valence-electron chi connectivity index (χ0n) is 43.0. The molecule has 4 saturated carbocycles. The molecule has 0 N–H and O–H groups in total. The van der Waals surface area contributed by atoms with E-state index in [1.807, 2.05) is 0 Å². The minimum absolute atomic E-state index is 0.102. The van der Waals surface area contributed by atoms with Crippen LogP contribution in [0.5, 0.6) is 0 Å². The number of anilines is 6. The topological polar surface area (TPSA) is 6.48 Å². The zero-order valence-corrected chi connectivity index (χ0v) is 43.0. The van der Waals surface area contributed by atoms with Crippen molar-refractivity contribution in [2.24, 2.45) is 23.7 Å². The number of hydrogen-bond donors (Lipinski definition) is 0. The summed E-state index contributed by atoms with van der Waals surface area (Å²) in [6, 6.07) is 92.7. The van der Waals surface area contributed by atoms with Gasteiger partial charge in [-0.25, -0.2) is 0 Å². The van der Waals surface area contributed by atoms with Gasteiger partial charge in [0, 0.05) is 39.5 Å². The lowest BCUT2D eigenvalue weighted by Gasteiger charge is -2.54. The van der Waals surface area contributed by atoms with Gasteiger partial charge in [-0.3, -0.25) is 0 Å². The molecule has 0 atom stereocenters. The molecule has 0 spiro atoms. The first kappa shape index (κ1) is 45.4. The van der Waals surface area contributed by atoms with E-state index in [4.69, 9.17) is 0 Å². The highest BCUT2D eigenvalue weighted by Crippen LogP contribution is 2.60. The van der Waals surface area contributed by atoms with Crippen molar-refractivity contribution in [2.45, 2.75) is 57.3 Å². The maximum absolute atomic E-state index is 2.53. The second kappa shape index (κ2) is 18.6. The van der Waals surface area contributed by atoms with Gasteiger partial charge in [0.2, 0.25) is 0 Å². The van der Waals surface area contributed by atoms with Gasteiger partial charge < -0.3 is 9.80 Å². The predicted octanol–water partition coefficient (Wildman–Crippen LogP) is 20.1. The lowest BCUT2D eigenvalue weighted by molar-refractivity contribution is -0.00276. The molecule has 4 bridgehead atoms. The smallest absolute Gasteiger partial charge is 0.0465 e. The molecule has 364 valence electrons. The minimum Gasteiger partial charge on any atom is -0.310 e. The number of rotatable bonds is 11. The van der Waals surface area contributed by atoms with E-state index in [1.165, 1.54) is 116 Å². The summed E-state index contributed by atoms with van der Waals surface area (Å²) in [7, 11) is 0. The van der Waals surface area contributed by atoms with E-state index in [2.05, 4.69) is 272 Å². The largest absolute Gasteiger partial charge is 0.310 e. The molecule has 2 heteroatoms. The van der Waals surface area contributed by atoms with E-state index in [0.29, 0.717) is 5.92 Å². The number of para-hydroxylation sites is 2. The maximum Gasteiger partial charge on any atom is 0.0465 e. The first-order valence-electron chi connectivity index (χ1n) is 27.5. The molecule has 0 heterocycles. The molecule has 5 aliphatic carbocycles. The van der Waals surface area contributed by atoms with Crippen LogP contribution in [0.3, 0.4) is 0 Å². The Morgan fingerprint density at radius 3 is 1.19 bits per heavy atom. The van der Waals surface area contributed by atoms with Crippen molar-refractivity contribution in [1.29, 1.82) is 0 Å². The van der Waals surface area contributed by atoms with Crippen molar-refractivity contribution in [3.8, 4) is 55.6 Å². The summed E-state index contributed by atoms with van der Waals surface area (Å²) in [5.74, 6) is 4.28. The molecule has 10 aromatic rings. The Labute approximate surface area is 443 Å². The van der Waals surface area contributed by atoms with E-state index in [-0.39, 0.29) is 5.41 Å². The molecule has 2 nitrogen and oxygen atoms in total. The molecular weight excluding hydrogens is 905 g/mol. The highest BCUT2D eigenvalue weighted by Gasteiger charge is 2.48. The van der Waals surface area contributed by atoms with Crippen molar-refractivity contribution in [1.82, 2.24) is 0 Å². The number of benzene rings is 10. The molecule has 0 radical (unpaired) electrons. The van der Waals surface area contributed by atoms with Crippen molar-refractivity contribution in [3.63, 3.8) is 0 Å². The van der Waals surface area contributed by atoms with E-state index in [0.717, 1.165) is 46.4 Å². The highest BCUT2D eigenvalue weighted by molar-refractivity contribution is 5.96. The van der Waals surface area contributed by atoms with Crippen LogP contribution in [-0.4, -0.2) is 0 Å². The van der Waals surface area contributed by atoms with Gasteiger partial charge in [-0.2, -0.15) is 0 Å². The molecule has 75 heavy (non-hydrogen) atoms. The molecular formula is C73H62N2. The molecule has 0 aliphatic heterocycles. The van der Waals surface area contributed by atoms with Crippen LogP contribution in [0.1, 0.15) is 68.6 Å². The third-order valence-corrected chi connectivity index (χ3v) is 17.8. The van der Waals surface area contributed by atoms with E-state index in [1.54, 1.807) is 0 Å². The third-order valence-electron chi connectivity index (χ3n) is 17.8. The third kappa shape index (κ3) is 8.10. The van der Waals surface area contributed by atoms with Crippen LogP contribution in [0.4, 0.5) is 34.1 Å². The van der Waals surface area contributed by atoms with Gasteiger partial charge in [0.15, 0.2) is 0 Å². The Morgan fingerprint density at radius 1 is 0.293 bits per heavy atom.